The molecule has 0 fully saturated rings. The highest BCUT2D eigenvalue weighted by molar-refractivity contribution is 7.89. The van der Waals surface area contributed by atoms with Gasteiger partial charge in [-0.2, -0.15) is 0 Å². The second kappa shape index (κ2) is 4.68. The molecule has 17 heavy (non-hydrogen) atoms. The monoisotopic (exact) mass is 252 g/mol. The van der Waals surface area contributed by atoms with Crippen molar-refractivity contribution >= 4 is 10.0 Å². The molecule has 0 atom stereocenters. The molecule has 0 radical (unpaired) electrons. The largest absolute Gasteiger partial charge is 0.445 e. The molecule has 1 aromatic heterocycles. The fourth-order valence-corrected chi connectivity index (χ4v) is 2.32. The van der Waals surface area contributed by atoms with Gasteiger partial charge in [0.1, 0.15) is 5.76 Å². The molecule has 0 unspecified atom stereocenters. The van der Waals surface area contributed by atoms with E-state index in [1.54, 1.807) is 31.3 Å². The molecular weight excluding hydrogens is 240 g/mol. The van der Waals surface area contributed by atoms with Gasteiger partial charge < -0.3 is 4.42 Å². The smallest absolute Gasteiger partial charge is 0.241 e. The van der Waals surface area contributed by atoms with E-state index >= 15 is 0 Å². The number of oxazole rings is 1. The SMILES string of the molecule is Cc1cnc(CNS(=O)(=O)c2ccccc2)o1. The van der Waals surface area contributed by atoms with Gasteiger partial charge in [0.25, 0.3) is 0 Å². The Bertz CT molecular complexity index is 590. The molecule has 6 heteroatoms. The van der Waals surface area contributed by atoms with Crippen LogP contribution in [0, 0.1) is 6.92 Å². The van der Waals surface area contributed by atoms with Crippen molar-refractivity contribution in [1.82, 2.24) is 9.71 Å². The van der Waals surface area contributed by atoms with Crippen LogP contribution in [0.5, 0.6) is 0 Å². The van der Waals surface area contributed by atoms with Gasteiger partial charge in [-0.3, -0.25) is 0 Å². The van der Waals surface area contributed by atoms with Gasteiger partial charge >= 0.3 is 0 Å². The number of nitrogens with one attached hydrogen (secondary N) is 1. The number of hydrogen-bond acceptors (Lipinski definition) is 4. The average molecular weight is 252 g/mol. The minimum Gasteiger partial charge on any atom is -0.445 e. The maximum absolute atomic E-state index is 11.8. The van der Waals surface area contributed by atoms with Crippen molar-refractivity contribution in [2.75, 3.05) is 0 Å². The van der Waals surface area contributed by atoms with Gasteiger partial charge in [-0.05, 0) is 19.1 Å². The predicted octanol–water partition coefficient (Wildman–Crippen LogP) is 1.46. The maximum atomic E-state index is 11.8. The van der Waals surface area contributed by atoms with E-state index in [0.717, 1.165) is 0 Å². The summed E-state index contributed by atoms with van der Waals surface area (Å²) in [6.45, 7) is 1.80. The molecule has 0 saturated heterocycles. The summed E-state index contributed by atoms with van der Waals surface area (Å²) in [5.41, 5.74) is 0. The van der Waals surface area contributed by atoms with E-state index in [1.165, 1.54) is 12.1 Å². The Morgan fingerprint density at radius 1 is 1.29 bits per heavy atom. The van der Waals surface area contributed by atoms with Crippen LogP contribution >= 0.6 is 0 Å². The molecule has 2 rings (SSSR count). The predicted molar refractivity (Wildman–Crippen MR) is 61.7 cm³/mol. The Morgan fingerprint density at radius 2 is 2.00 bits per heavy atom. The highest BCUT2D eigenvalue weighted by Crippen LogP contribution is 2.08. The van der Waals surface area contributed by atoms with E-state index in [2.05, 4.69) is 9.71 Å². The number of aryl methyl sites for hydroxylation is 1. The summed E-state index contributed by atoms with van der Waals surface area (Å²) in [5.74, 6) is 1.00. The first kappa shape index (κ1) is 11.8. The van der Waals surface area contributed by atoms with Crippen LogP contribution in [0.4, 0.5) is 0 Å². The number of sulfonamides is 1. The molecule has 0 amide bonds. The highest BCUT2D eigenvalue weighted by Gasteiger charge is 2.14. The minimum atomic E-state index is -3.50. The first-order chi connectivity index (χ1) is 8.08. The van der Waals surface area contributed by atoms with Gasteiger partial charge in [0.2, 0.25) is 15.9 Å². The lowest BCUT2D eigenvalue weighted by atomic mass is 10.4. The van der Waals surface area contributed by atoms with Crippen LogP contribution in [0.25, 0.3) is 0 Å². The second-order valence-electron chi connectivity index (χ2n) is 3.50. The van der Waals surface area contributed by atoms with Crippen molar-refractivity contribution in [3.8, 4) is 0 Å². The van der Waals surface area contributed by atoms with E-state index in [-0.39, 0.29) is 11.4 Å². The molecule has 1 heterocycles. The maximum Gasteiger partial charge on any atom is 0.241 e. The van der Waals surface area contributed by atoms with Crippen LogP contribution < -0.4 is 4.72 Å². The lowest BCUT2D eigenvalue weighted by Crippen LogP contribution is -2.23. The molecule has 0 aliphatic carbocycles. The molecule has 0 aliphatic heterocycles. The van der Waals surface area contributed by atoms with Crippen LogP contribution in [0.15, 0.2) is 45.8 Å². The molecule has 1 aromatic carbocycles. The molecule has 0 spiro atoms. The summed E-state index contributed by atoms with van der Waals surface area (Å²) in [5, 5.41) is 0. The standard InChI is InChI=1S/C11H12N2O3S/c1-9-7-12-11(16-9)8-13-17(14,15)10-5-3-2-4-6-10/h2-7,13H,8H2,1H3. The third kappa shape index (κ3) is 2.92. The van der Waals surface area contributed by atoms with Gasteiger partial charge in [-0.15, -0.1) is 0 Å². The summed E-state index contributed by atoms with van der Waals surface area (Å²) < 4.78 is 31.3. The zero-order chi connectivity index (χ0) is 12.3. The minimum absolute atomic E-state index is 0.0467. The molecule has 90 valence electrons. The van der Waals surface area contributed by atoms with Crippen molar-refractivity contribution in [1.29, 1.82) is 0 Å². The van der Waals surface area contributed by atoms with Crippen LogP contribution in [-0.2, 0) is 16.6 Å². The summed E-state index contributed by atoms with van der Waals surface area (Å²) in [4.78, 5) is 4.14. The van der Waals surface area contributed by atoms with Crippen molar-refractivity contribution in [2.24, 2.45) is 0 Å². The van der Waals surface area contributed by atoms with Crippen LogP contribution in [-0.4, -0.2) is 13.4 Å². The first-order valence-corrected chi connectivity index (χ1v) is 6.52. The first-order valence-electron chi connectivity index (χ1n) is 5.04. The summed E-state index contributed by atoms with van der Waals surface area (Å²) in [6, 6.07) is 8.16. The number of hydrogen-bond donors (Lipinski definition) is 1. The molecule has 0 aliphatic rings. The second-order valence-corrected chi connectivity index (χ2v) is 5.27. The van der Waals surface area contributed by atoms with Gasteiger partial charge in [0.15, 0.2) is 0 Å². The van der Waals surface area contributed by atoms with E-state index in [1.807, 2.05) is 0 Å². The number of benzene rings is 1. The molecule has 0 bridgehead atoms. The van der Waals surface area contributed by atoms with E-state index in [9.17, 15) is 8.42 Å². The Morgan fingerprint density at radius 3 is 2.59 bits per heavy atom. The Kier molecular flexibility index (Phi) is 3.26. The third-order valence-corrected chi connectivity index (χ3v) is 3.55. The van der Waals surface area contributed by atoms with E-state index in [0.29, 0.717) is 11.7 Å². The van der Waals surface area contributed by atoms with E-state index < -0.39 is 10.0 Å². The van der Waals surface area contributed by atoms with E-state index in [4.69, 9.17) is 4.42 Å². The van der Waals surface area contributed by atoms with Gasteiger partial charge in [0.05, 0.1) is 17.6 Å². The Balaban J connectivity index is 2.09. The zero-order valence-corrected chi connectivity index (χ0v) is 10.1. The molecule has 0 saturated carbocycles. The average Bonchev–Trinajstić information content (AvgIpc) is 2.74. The van der Waals surface area contributed by atoms with Crippen molar-refractivity contribution in [3.63, 3.8) is 0 Å². The van der Waals surface area contributed by atoms with Gasteiger partial charge in [-0.1, -0.05) is 18.2 Å². The van der Waals surface area contributed by atoms with Crippen molar-refractivity contribution in [3.05, 3.63) is 48.2 Å². The molecular formula is C11H12N2O3S. The zero-order valence-electron chi connectivity index (χ0n) is 9.25. The molecule has 1 N–H and O–H groups in total. The Labute approximate surface area is 99.5 Å². The normalized spacial score (nSPS) is 11.6. The topological polar surface area (TPSA) is 72.2 Å². The molecule has 5 nitrogen and oxygen atoms in total. The van der Waals surface area contributed by atoms with Crippen molar-refractivity contribution in [2.45, 2.75) is 18.4 Å². The lowest BCUT2D eigenvalue weighted by Gasteiger charge is -2.03. The van der Waals surface area contributed by atoms with Crippen LogP contribution in [0.3, 0.4) is 0 Å². The van der Waals surface area contributed by atoms with Crippen molar-refractivity contribution < 1.29 is 12.8 Å². The van der Waals surface area contributed by atoms with Gasteiger partial charge in [-0.25, -0.2) is 18.1 Å². The quantitative estimate of drug-likeness (QED) is 0.894. The van der Waals surface area contributed by atoms with Crippen LogP contribution in [0.2, 0.25) is 0 Å². The third-order valence-electron chi connectivity index (χ3n) is 2.14. The number of rotatable bonds is 4. The number of aromatic nitrogens is 1. The van der Waals surface area contributed by atoms with Crippen LogP contribution in [0.1, 0.15) is 11.7 Å². The fourth-order valence-electron chi connectivity index (χ4n) is 1.32. The lowest BCUT2D eigenvalue weighted by molar-refractivity contribution is 0.463. The summed E-state index contributed by atoms with van der Waals surface area (Å²) >= 11 is 0. The van der Waals surface area contributed by atoms with Gasteiger partial charge in [0, 0.05) is 0 Å². The molecule has 2 aromatic rings. The summed E-state index contributed by atoms with van der Waals surface area (Å²) in [7, 11) is -3.50. The number of nitrogens with zero attached hydrogens (tertiary/aromatic N) is 1. The fraction of sp³-hybridized carbons (Fsp3) is 0.182. The summed E-state index contributed by atoms with van der Waals surface area (Å²) in [6.07, 6.45) is 1.55. The highest BCUT2D eigenvalue weighted by atomic mass is 32.2. The Hall–Kier alpha value is -1.66.